The summed E-state index contributed by atoms with van der Waals surface area (Å²) in [6, 6.07) is 37.3. The van der Waals surface area contributed by atoms with Crippen LogP contribution in [0.5, 0.6) is 11.5 Å². The van der Waals surface area contributed by atoms with Crippen LogP contribution in [0.15, 0.2) is 109 Å². The van der Waals surface area contributed by atoms with E-state index in [9.17, 15) is 20.1 Å². The van der Waals surface area contributed by atoms with Gasteiger partial charge < -0.3 is 15.3 Å². The molecule has 8 aliphatic carbocycles. The molecule has 8 saturated carbocycles. The van der Waals surface area contributed by atoms with Crippen molar-refractivity contribution in [2.75, 3.05) is 0 Å². The van der Waals surface area contributed by atoms with E-state index in [1.165, 1.54) is 110 Å². The van der Waals surface area contributed by atoms with Crippen LogP contribution in [0.3, 0.4) is 0 Å². The van der Waals surface area contributed by atoms with Gasteiger partial charge in [-0.25, -0.2) is 4.79 Å². The minimum absolute atomic E-state index is 0. The molecule has 0 heterocycles. The van der Waals surface area contributed by atoms with Crippen molar-refractivity contribution in [3.63, 3.8) is 0 Å². The van der Waals surface area contributed by atoms with Gasteiger partial charge in [-0.2, -0.15) is 9.59 Å². The van der Waals surface area contributed by atoms with E-state index < -0.39 is 5.97 Å². The number of rotatable bonds is 5. The van der Waals surface area contributed by atoms with Crippen molar-refractivity contribution in [1.82, 2.24) is 0 Å². The molecule has 8 fully saturated rings. The Balaban J connectivity index is 0.000000158. The molecule has 0 aromatic heterocycles. The van der Waals surface area contributed by atoms with Crippen LogP contribution in [0, 0.1) is 42.4 Å². The lowest BCUT2D eigenvalue weighted by atomic mass is 9.48. The number of fused-ring (bicyclic) bond motifs is 2. The molecule has 0 amide bonds. The Morgan fingerprint density at radius 3 is 1.19 bits per heavy atom. The summed E-state index contributed by atoms with van der Waals surface area (Å²) < 4.78 is 0. The Hall–Kier alpha value is -5.71. The molecule has 3 N–H and O–H groups in total. The molecule has 6 heteroatoms. The second-order valence-electron chi connectivity index (χ2n) is 20.1. The average Bonchev–Trinajstić information content (AvgIpc) is 3.23. The van der Waals surface area contributed by atoms with Crippen molar-refractivity contribution in [3.05, 3.63) is 131 Å². The number of hydrogen-bond donors (Lipinski definition) is 3. The third kappa shape index (κ3) is 8.19. The van der Waals surface area contributed by atoms with Gasteiger partial charge in [-0.05, 0) is 223 Å². The maximum Gasteiger partial charge on any atom is 0.373 e. The van der Waals surface area contributed by atoms with E-state index in [1.54, 1.807) is 12.1 Å². The molecule has 14 rings (SSSR count). The van der Waals surface area contributed by atoms with E-state index in [2.05, 4.69) is 73.7 Å². The number of aryl methyl sites for hydroxylation is 1. The Kier molecular flexibility index (Phi) is 11.9. The van der Waals surface area contributed by atoms with Gasteiger partial charge in [0.15, 0.2) is 0 Å². The number of phenols is 2. The minimum atomic E-state index is -0.903. The first-order valence-electron chi connectivity index (χ1n) is 22.4. The Morgan fingerprint density at radius 2 is 0.794 bits per heavy atom. The maximum absolute atomic E-state index is 11.2. The highest BCUT2D eigenvalue weighted by Gasteiger charge is 2.53. The zero-order valence-electron chi connectivity index (χ0n) is 34.9. The van der Waals surface area contributed by atoms with Gasteiger partial charge in [0.1, 0.15) is 11.5 Å². The quantitative estimate of drug-likeness (QED) is 0.159. The summed E-state index contributed by atoms with van der Waals surface area (Å²) in [5, 5.41) is 35.4. The number of carbonyl (C=O) groups excluding carboxylic acids is 2. The van der Waals surface area contributed by atoms with Gasteiger partial charge in [0, 0.05) is 11.1 Å². The van der Waals surface area contributed by atoms with Crippen LogP contribution in [-0.2, 0) is 20.4 Å². The summed E-state index contributed by atoms with van der Waals surface area (Å²) in [5.74, 6) is 5.24. The summed E-state index contributed by atoms with van der Waals surface area (Å²) in [6.07, 6.45) is 16.3. The molecule has 0 unspecified atom stereocenters. The van der Waals surface area contributed by atoms with E-state index in [0.717, 1.165) is 63.0 Å². The van der Waals surface area contributed by atoms with Gasteiger partial charge in [-0.1, -0.05) is 81.1 Å². The van der Waals surface area contributed by atoms with Crippen molar-refractivity contribution in [2.45, 2.75) is 110 Å². The van der Waals surface area contributed by atoms with Crippen LogP contribution in [0.25, 0.3) is 43.8 Å². The van der Waals surface area contributed by atoms with Gasteiger partial charge >= 0.3 is 12.1 Å². The van der Waals surface area contributed by atoms with E-state index in [1.807, 2.05) is 30.3 Å². The molecule has 6 nitrogen and oxygen atoms in total. The maximum atomic E-state index is 11.2. The lowest BCUT2D eigenvalue weighted by Gasteiger charge is -2.57. The summed E-state index contributed by atoms with van der Waals surface area (Å²) in [6.45, 7) is 2.14. The van der Waals surface area contributed by atoms with Crippen LogP contribution >= 0.6 is 0 Å². The van der Waals surface area contributed by atoms with Crippen molar-refractivity contribution in [2.24, 2.45) is 35.5 Å². The SMILES string of the molecule is C.C.Cc1ccc2cc(-c3ccc(O)c(C45CC6CC(CC(C6)C4)C5)c3)ccc2c1.O=C(O)c1ccc2cc(-c3ccc(O)c(C45CC6CC(CC(C6)C4)C5)c3)ccc2c1.O=C=O. The molecule has 0 aliphatic heterocycles. The van der Waals surface area contributed by atoms with Crippen LogP contribution in [0.4, 0.5) is 0 Å². The zero-order valence-corrected chi connectivity index (χ0v) is 34.9. The summed E-state index contributed by atoms with van der Waals surface area (Å²) >= 11 is 0. The second-order valence-corrected chi connectivity index (χ2v) is 20.1. The smallest absolute Gasteiger partial charge is 0.373 e. The van der Waals surface area contributed by atoms with Gasteiger partial charge in [0.05, 0.1) is 5.56 Å². The van der Waals surface area contributed by atoms with Crippen LogP contribution in [0.1, 0.15) is 119 Å². The van der Waals surface area contributed by atoms with Gasteiger partial charge in [0.25, 0.3) is 0 Å². The minimum Gasteiger partial charge on any atom is -0.508 e. The molecular weight excluding hydrogens is 781 g/mol. The third-order valence-corrected chi connectivity index (χ3v) is 16.0. The molecule has 0 spiro atoms. The number of hydrogen-bond acceptors (Lipinski definition) is 5. The van der Waals surface area contributed by atoms with Crippen LogP contribution in [0.2, 0.25) is 0 Å². The van der Waals surface area contributed by atoms with E-state index in [-0.39, 0.29) is 31.8 Å². The normalized spacial score (nSPS) is 27.8. The fourth-order valence-corrected chi connectivity index (χ4v) is 14.3. The Labute approximate surface area is 372 Å². The largest absolute Gasteiger partial charge is 0.508 e. The van der Waals surface area contributed by atoms with Gasteiger partial charge in [-0.3, -0.25) is 0 Å². The molecule has 0 atom stereocenters. The lowest BCUT2D eigenvalue weighted by Crippen LogP contribution is -2.48. The van der Waals surface area contributed by atoms with E-state index in [0.29, 0.717) is 17.1 Å². The molecule has 63 heavy (non-hydrogen) atoms. The fourth-order valence-electron chi connectivity index (χ4n) is 14.3. The standard InChI is InChI=1S/C27H26O3.C27H28O.CO2.2CH4/c28-25-6-5-22(20-1-2-21-11-23(26(29)30)4-3-19(21)10-20)12-24(25)27-13-16-7-17(14-27)9-18(8-16)15-27;1-17-2-3-22-12-23(5-4-21(22)8-17)24-6-7-26(28)25(13-24)27-14-18-9-19(15-27)11-20(10-18)16-27;2-1-3;;/h1-6,10-12,16-18,28H,7-9,13-15H2,(H,29,30);2-8,12-13,18-20,28H,9-11,14-16H2,1H3;;2*1H4. The van der Waals surface area contributed by atoms with Crippen molar-refractivity contribution in [1.29, 1.82) is 0 Å². The zero-order chi connectivity index (χ0) is 42.0. The highest BCUT2D eigenvalue weighted by molar-refractivity contribution is 5.96. The molecule has 8 aliphatic rings. The van der Waals surface area contributed by atoms with Crippen molar-refractivity contribution in [3.8, 4) is 33.8 Å². The summed E-state index contributed by atoms with van der Waals surface area (Å²) in [5.41, 5.74) is 9.10. The topological polar surface area (TPSA) is 112 Å². The lowest BCUT2D eigenvalue weighted by molar-refractivity contribution is -0.191. The Morgan fingerprint density at radius 1 is 0.476 bits per heavy atom. The fraction of sp³-hybridized carbons (Fsp3) is 0.404. The predicted octanol–water partition coefficient (Wildman–Crippen LogP) is 14.1. The first-order chi connectivity index (χ1) is 29.5. The molecular formula is C57H62O6. The molecule has 8 bridgehead atoms. The Bertz CT molecular complexity index is 2650. The highest BCUT2D eigenvalue weighted by atomic mass is 16.4. The highest BCUT2D eigenvalue weighted by Crippen LogP contribution is 2.63. The summed E-state index contributed by atoms with van der Waals surface area (Å²) in [4.78, 5) is 27.5. The molecule has 326 valence electrons. The third-order valence-electron chi connectivity index (χ3n) is 16.0. The number of carbonyl (C=O) groups is 1. The average molecular weight is 843 g/mol. The predicted molar refractivity (Wildman–Crippen MR) is 252 cm³/mol. The molecule has 0 saturated heterocycles. The van der Waals surface area contributed by atoms with Crippen LogP contribution < -0.4 is 0 Å². The van der Waals surface area contributed by atoms with E-state index >= 15 is 0 Å². The first-order valence-corrected chi connectivity index (χ1v) is 22.4. The number of benzene rings is 6. The van der Waals surface area contributed by atoms with Gasteiger partial charge in [-0.15, -0.1) is 0 Å². The number of carboxylic acid groups (broad SMARTS) is 1. The molecule has 6 aromatic rings. The van der Waals surface area contributed by atoms with Crippen LogP contribution in [-0.4, -0.2) is 27.4 Å². The van der Waals surface area contributed by atoms with E-state index in [4.69, 9.17) is 9.59 Å². The first kappa shape index (κ1) is 43.9. The number of aromatic hydroxyl groups is 2. The molecule has 6 aromatic carbocycles. The monoisotopic (exact) mass is 842 g/mol. The molecule has 0 radical (unpaired) electrons. The van der Waals surface area contributed by atoms with Crippen molar-refractivity contribution < 1.29 is 29.7 Å². The van der Waals surface area contributed by atoms with Crippen molar-refractivity contribution >= 4 is 33.7 Å². The second kappa shape index (κ2) is 17.1. The number of carboxylic acids is 1. The van der Waals surface area contributed by atoms with Gasteiger partial charge in [0.2, 0.25) is 0 Å². The number of phenolic OH excluding ortho intramolecular Hbond substituents is 2. The number of aromatic carboxylic acids is 1. The summed E-state index contributed by atoms with van der Waals surface area (Å²) in [7, 11) is 0.